The van der Waals surface area contributed by atoms with Gasteiger partial charge >= 0.3 is 0 Å². The van der Waals surface area contributed by atoms with Gasteiger partial charge in [0.2, 0.25) is 0 Å². The van der Waals surface area contributed by atoms with E-state index in [0.29, 0.717) is 41.9 Å². The van der Waals surface area contributed by atoms with Crippen molar-refractivity contribution in [1.82, 2.24) is 0 Å². The highest BCUT2D eigenvalue weighted by Gasteiger charge is 2.27. The van der Waals surface area contributed by atoms with Crippen LogP contribution in [0.5, 0.6) is 0 Å². The van der Waals surface area contributed by atoms with Crippen molar-refractivity contribution >= 4 is 40.3 Å². The summed E-state index contributed by atoms with van der Waals surface area (Å²) in [5, 5.41) is 1.05. The number of rotatable bonds is 2. The lowest BCUT2D eigenvalue weighted by atomic mass is 10.1. The van der Waals surface area contributed by atoms with Crippen molar-refractivity contribution in [3.8, 4) is 0 Å². The molecule has 0 spiro atoms. The minimum Gasteiger partial charge on any atom is -0.394 e. The molecule has 2 aromatic carbocycles. The van der Waals surface area contributed by atoms with Crippen molar-refractivity contribution < 1.29 is 0 Å². The van der Waals surface area contributed by atoms with Crippen molar-refractivity contribution in [2.75, 3.05) is 41.7 Å². The molecule has 5 nitrogen and oxygen atoms in total. The van der Waals surface area contributed by atoms with Crippen LogP contribution in [0, 0.1) is 0 Å². The lowest BCUT2D eigenvalue weighted by molar-refractivity contribution is 0.651. The molecule has 1 heterocycles. The summed E-state index contributed by atoms with van der Waals surface area (Å²) >= 11 is 12.2. The van der Waals surface area contributed by atoms with Crippen LogP contribution in [0.15, 0.2) is 27.8 Å². The molecule has 1 saturated heterocycles. The Bertz CT molecular complexity index is 760. The summed E-state index contributed by atoms with van der Waals surface area (Å²) in [6.07, 6.45) is 0. The van der Waals surface area contributed by atoms with Gasteiger partial charge in [0.25, 0.3) is 10.9 Å². The molecule has 7 heteroatoms. The molecule has 110 valence electrons. The molecule has 1 aliphatic heterocycles. The van der Waals surface area contributed by atoms with E-state index in [1.54, 1.807) is 6.07 Å². The van der Waals surface area contributed by atoms with Gasteiger partial charge in [-0.05, 0) is 12.1 Å². The first-order chi connectivity index (χ1) is 10.0. The third-order valence-electron chi connectivity index (χ3n) is 3.79. The van der Waals surface area contributed by atoms with Gasteiger partial charge < -0.3 is 15.5 Å². The van der Waals surface area contributed by atoms with Gasteiger partial charge in [-0.15, -0.1) is 0 Å². The molecule has 0 unspecified atom stereocenters. The first-order valence-corrected chi connectivity index (χ1v) is 7.29. The molecule has 1 fully saturated rings. The predicted octanol–water partition coefficient (Wildman–Crippen LogP) is 1.50. The lowest BCUT2D eigenvalue weighted by Crippen LogP contribution is -2.51. The molecule has 2 N–H and O–H groups in total. The van der Waals surface area contributed by atoms with Gasteiger partial charge in [-0.3, -0.25) is 9.59 Å². The third-order valence-corrected chi connectivity index (χ3v) is 4.60. The molecule has 0 amide bonds. The van der Waals surface area contributed by atoms with E-state index in [9.17, 15) is 9.59 Å². The second-order valence-corrected chi connectivity index (χ2v) is 5.75. The quantitative estimate of drug-likeness (QED) is 0.847. The maximum atomic E-state index is 11.5. The Morgan fingerprint density at radius 2 is 1.57 bits per heavy atom. The van der Waals surface area contributed by atoms with Crippen LogP contribution in [0.3, 0.4) is 0 Å². The number of hydrogen-bond donors (Lipinski definition) is 1. The molecule has 0 aromatic heterocycles. The fourth-order valence-electron chi connectivity index (χ4n) is 2.62. The van der Waals surface area contributed by atoms with Gasteiger partial charge in [-0.25, -0.2) is 0 Å². The number of piperazine rings is 1. The van der Waals surface area contributed by atoms with Gasteiger partial charge in [0.15, 0.2) is 0 Å². The van der Waals surface area contributed by atoms with Crippen LogP contribution in [0.1, 0.15) is 0 Å². The van der Waals surface area contributed by atoms with Crippen molar-refractivity contribution in [2.24, 2.45) is 0 Å². The predicted molar refractivity (Wildman–Crippen MR) is 86.7 cm³/mol. The van der Waals surface area contributed by atoms with Gasteiger partial charge in [0, 0.05) is 26.2 Å². The normalized spacial score (nSPS) is 15.7. The van der Waals surface area contributed by atoms with Gasteiger partial charge in [-0.2, -0.15) is 0 Å². The van der Waals surface area contributed by atoms with E-state index in [2.05, 4.69) is 4.90 Å². The molecule has 0 atom stereocenters. The minimum atomic E-state index is -0.578. The monoisotopic (exact) mass is 325 g/mol. The highest BCUT2D eigenvalue weighted by Crippen LogP contribution is 2.33. The first-order valence-electron chi connectivity index (χ1n) is 6.53. The maximum Gasteiger partial charge on any atom is 0.253 e. The van der Waals surface area contributed by atoms with Crippen LogP contribution in [0.25, 0.3) is 0 Å². The number of halogens is 2. The van der Waals surface area contributed by atoms with Gasteiger partial charge in [0.1, 0.15) is 11.4 Å². The topological polar surface area (TPSA) is 66.6 Å². The van der Waals surface area contributed by atoms with Crippen molar-refractivity contribution in [3.63, 3.8) is 0 Å². The van der Waals surface area contributed by atoms with Crippen LogP contribution >= 0.6 is 23.2 Å². The van der Waals surface area contributed by atoms with Crippen LogP contribution in [0.2, 0.25) is 10.0 Å². The zero-order chi connectivity index (χ0) is 15.1. The summed E-state index contributed by atoms with van der Waals surface area (Å²) in [4.78, 5) is 26.7. The summed E-state index contributed by atoms with van der Waals surface area (Å²) in [5.41, 5.74) is 5.84. The number of anilines is 3. The maximum absolute atomic E-state index is 11.5. The minimum absolute atomic E-state index is 0.0780. The average molecular weight is 326 g/mol. The van der Waals surface area contributed by atoms with Crippen LogP contribution < -0.4 is 26.4 Å². The van der Waals surface area contributed by atoms with Crippen LogP contribution in [0.4, 0.5) is 17.1 Å². The Morgan fingerprint density at radius 1 is 0.952 bits per heavy atom. The Hall–Kier alpha value is -1.72. The van der Waals surface area contributed by atoms with E-state index < -0.39 is 10.9 Å². The molecule has 0 aliphatic carbocycles. The number of nitrogen functional groups attached to an aromatic ring is 1. The fraction of sp³-hybridized carbons (Fsp3) is 0.286. The zero-order valence-electron chi connectivity index (χ0n) is 11.1. The average Bonchev–Trinajstić information content (AvgIpc) is 2.51. The molecular weight excluding hydrogens is 313 g/mol. The first kappa shape index (κ1) is 14.2. The molecule has 0 saturated carbocycles. The van der Waals surface area contributed by atoms with Gasteiger partial charge in [-0.1, -0.05) is 29.3 Å². The van der Waals surface area contributed by atoms with Gasteiger partial charge in [0.05, 0.1) is 15.7 Å². The highest BCUT2D eigenvalue weighted by molar-refractivity contribution is 6.43. The zero-order valence-corrected chi connectivity index (χ0v) is 12.6. The summed E-state index contributed by atoms with van der Waals surface area (Å²) < 4.78 is 0. The van der Waals surface area contributed by atoms with E-state index in [4.69, 9.17) is 28.9 Å². The fourth-order valence-corrected chi connectivity index (χ4v) is 3.03. The van der Waals surface area contributed by atoms with E-state index in [0.717, 1.165) is 5.69 Å². The lowest BCUT2D eigenvalue weighted by Gasteiger charge is -2.38. The van der Waals surface area contributed by atoms with Crippen LogP contribution in [-0.2, 0) is 0 Å². The Kier molecular flexibility index (Phi) is 3.55. The highest BCUT2D eigenvalue weighted by atomic mass is 35.5. The van der Waals surface area contributed by atoms with E-state index in [1.807, 2.05) is 17.0 Å². The van der Waals surface area contributed by atoms with Crippen LogP contribution in [-0.4, -0.2) is 26.2 Å². The molecule has 3 rings (SSSR count). The Morgan fingerprint density at radius 3 is 2.19 bits per heavy atom. The summed E-state index contributed by atoms with van der Waals surface area (Å²) in [6, 6.07) is 5.51. The summed E-state index contributed by atoms with van der Waals surface area (Å²) in [6.45, 7) is 2.58. The number of nitrogens with zero attached hydrogens (tertiary/aromatic N) is 2. The largest absolute Gasteiger partial charge is 0.394 e. The number of benzene rings is 1. The van der Waals surface area contributed by atoms with E-state index in [-0.39, 0.29) is 5.69 Å². The smallest absolute Gasteiger partial charge is 0.253 e. The van der Waals surface area contributed by atoms with E-state index >= 15 is 0 Å². The molecular formula is C14H13Cl2N3O2. The summed E-state index contributed by atoms with van der Waals surface area (Å²) in [7, 11) is 0. The summed E-state index contributed by atoms with van der Waals surface area (Å²) in [5.74, 6) is 0. The molecule has 1 aliphatic rings. The second kappa shape index (κ2) is 5.24. The van der Waals surface area contributed by atoms with Crippen molar-refractivity contribution in [1.29, 1.82) is 0 Å². The molecule has 0 radical (unpaired) electrons. The van der Waals surface area contributed by atoms with Crippen molar-refractivity contribution in [2.45, 2.75) is 0 Å². The Balaban J connectivity index is 1.75. The van der Waals surface area contributed by atoms with E-state index in [1.165, 1.54) is 0 Å². The van der Waals surface area contributed by atoms with Crippen molar-refractivity contribution in [3.05, 3.63) is 48.7 Å². The third kappa shape index (κ3) is 2.26. The molecule has 21 heavy (non-hydrogen) atoms. The molecule has 2 aromatic rings. The standard InChI is InChI=1S/C14H13Cl2N3O2/c15-8-2-1-3-9(10(8)16)18-4-6-19(7-5-18)12-11(17)13(20)14(12)21/h1-3H,4-7,17H2. The Labute approximate surface area is 131 Å². The number of hydrogen-bond acceptors (Lipinski definition) is 5. The number of nitrogens with two attached hydrogens (primary N) is 1. The SMILES string of the molecule is Nc1c(N2CCN(c3cccc(Cl)c3Cl)CC2)c(=O)c1=O. The second-order valence-electron chi connectivity index (χ2n) is 4.97. The molecule has 0 bridgehead atoms.